The molecule has 0 amide bonds. The Morgan fingerprint density at radius 2 is 1.90 bits per heavy atom. The van der Waals surface area contributed by atoms with Crippen LogP contribution in [0.25, 0.3) is 0 Å². The van der Waals surface area contributed by atoms with Crippen molar-refractivity contribution in [3.05, 3.63) is 34.4 Å². The smallest absolute Gasteiger partial charge is 0.269 e. The van der Waals surface area contributed by atoms with Crippen LogP contribution >= 0.6 is 0 Å². The third kappa shape index (κ3) is 4.55. The Balaban J connectivity index is 2.81. The van der Waals surface area contributed by atoms with Gasteiger partial charge in [-0.05, 0) is 25.5 Å². The van der Waals surface area contributed by atoms with Gasteiger partial charge >= 0.3 is 0 Å². The minimum Gasteiger partial charge on any atom is -0.389 e. The molecule has 0 saturated heterocycles. The highest BCUT2D eigenvalue weighted by molar-refractivity contribution is 7.89. The van der Waals surface area contributed by atoms with Gasteiger partial charge in [-0.1, -0.05) is 13.3 Å². The van der Waals surface area contributed by atoms with E-state index in [1.807, 2.05) is 6.92 Å². The van der Waals surface area contributed by atoms with Gasteiger partial charge in [0.05, 0.1) is 15.4 Å². The molecule has 8 heteroatoms. The summed E-state index contributed by atoms with van der Waals surface area (Å²) in [6.07, 6.45) is 1.20. The summed E-state index contributed by atoms with van der Waals surface area (Å²) in [4.78, 5) is 9.82. The molecule has 0 fully saturated rings. The molecule has 0 spiro atoms. The molecular weight excluding hydrogens is 284 g/mol. The molecule has 0 aromatic heterocycles. The minimum atomic E-state index is -3.79. The second-order valence-electron chi connectivity index (χ2n) is 4.82. The van der Waals surface area contributed by atoms with Gasteiger partial charge in [0.2, 0.25) is 10.0 Å². The molecular formula is C12H18N2O5S. The summed E-state index contributed by atoms with van der Waals surface area (Å²) in [5, 5.41) is 20.4. The largest absolute Gasteiger partial charge is 0.389 e. The maximum Gasteiger partial charge on any atom is 0.269 e. The zero-order valence-corrected chi connectivity index (χ0v) is 12.2. The van der Waals surface area contributed by atoms with Gasteiger partial charge in [-0.15, -0.1) is 0 Å². The van der Waals surface area contributed by atoms with Crippen molar-refractivity contribution >= 4 is 15.7 Å². The number of sulfonamides is 1. The van der Waals surface area contributed by atoms with E-state index >= 15 is 0 Å². The standard InChI is InChI=1S/C12H18N2O5S/c1-3-8-12(2,15)9-13-20(18,19)11-6-4-10(5-7-11)14(16)17/h4-7,13,15H,3,8-9H2,1-2H3. The maximum atomic E-state index is 12.0. The third-order valence-corrected chi connectivity index (χ3v) is 4.21. The summed E-state index contributed by atoms with van der Waals surface area (Å²) < 4.78 is 26.2. The van der Waals surface area contributed by atoms with Crippen LogP contribution in [0.15, 0.2) is 29.2 Å². The van der Waals surface area contributed by atoms with Crippen LogP contribution in [0.2, 0.25) is 0 Å². The average Bonchev–Trinajstić information content (AvgIpc) is 2.37. The van der Waals surface area contributed by atoms with Crippen molar-refractivity contribution in [1.82, 2.24) is 4.72 Å². The van der Waals surface area contributed by atoms with E-state index in [-0.39, 0.29) is 17.1 Å². The molecule has 7 nitrogen and oxygen atoms in total. The van der Waals surface area contributed by atoms with Crippen molar-refractivity contribution in [2.24, 2.45) is 0 Å². The fourth-order valence-electron chi connectivity index (χ4n) is 1.71. The second-order valence-corrected chi connectivity index (χ2v) is 6.59. The van der Waals surface area contributed by atoms with E-state index in [0.29, 0.717) is 6.42 Å². The number of nitro benzene ring substituents is 1. The molecule has 1 atom stereocenters. The summed E-state index contributed by atoms with van der Waals surface area (Å²) in [5.74, 6) is 0. The Kier molecular flexibility index (Phi) is 5.21. The Bertz CT molecular complexity index is 566. The number of nitrogens with zero attached hydrogens (tertiary/aromatic N) is 1. The summed E-state index contributed by atoms with van der Waals surface area (Å²) in [6, 6.07) is 4.57. The van der Waals surface area contributed by atoms with Gasteiger partial charge in [-0.25, -0.2) is 13.1 Å². The van der Waals surface area contributed by atoms with Gasteiger partial charge in [0, 0.05) is 18.7 Å². The lowest BCUT2D eigenvalue weighted by atomic mass is 10.0. The Morgan fingerprint density at radius 3 is 2.35 bits per heavy atom. The summed E-state index contributed by atoms with van der Waals surface area (Å²) in [5.41, 5.74) is -1.30. The molecule has 0 radical (unpaired) electrons. The number of nitrogens with one attached hydrogen (secondary N) is 1. The van der Waals surface area contributed by atoms with Crippen LogP contribution in [0.3, 0.4) is 0 Å². The number of hydrogen-bond donors (Lipinski definition) is 2. The third-order valence-electron chi connectivity index (χ3n) is 2.79. The molecule has 0 aliphatic rings. The molecule has 1 aromatic rings. The number of hydrogen-bond acceptors (Lipinski definition) is 5. The first-order valence-corrected chi connectivity index (χ1v) is 7.63. The van der Waals surface area contributed by atoms with Crippen molar-refractivity contribution < 1.29 is 18.4 Å². The van der Waals surface area contributed by atoms with Crippen LogP contribution in [-0.4, -0.2) is 30.6 Å². The number of nitro groups is 1. The van der Waals surface area contributed by atoms with Crippen LogP contribution < -0.4 is 4.72 Å². The molecule has 0 bridgehead atoms. The van der Waals surface area contributed by atoms with Gasteiger partial charge in [0.25, 0.3) is 5.69 Å². The first-order chi connectivity index (χ1) is 9.18. The van der Waals surface area contributed by atoms with Crippen LogP contribution in [0, 0.1) is 10.1 Å². The Labute approximate surface area is 117 Å². The molecule has 112 valence electrons. The van der Waals surface area contributed by atoms with E-state index in [1.165, 1.54) is 0 Å². The molecule has 0 heterocycles. The molecule has 1 aromatic carbocycles. The fourth-order valence-corrected chi connectivity index (χ4v) is 2.87. The Hall–Kier alpha value is -1.51. The van der Waals surface area contributed by atoms with Crippen LogP contribution in [0.5, 0.6) is 0 Å². The number of rotatable bonds is 7. The van der Waals surface area contributed by atoms with Crippen LogP contribution in [0.4, 0.5) is 5.69 Å². The van der Waals surface area contributed by atoms with Gasteiger partial charge in [0.1, 0.15) is 0 Å². The fraction of sp³-hybridized carbons (Fsp3) is 0.500. The van der Waals surface area contributed by atoms with Crippen molar-refractivity contribution in [1.29, 1.82) is 0 Å². The van der Waals surface area contributed by atoms with Crippen molar-refractivity contribution in [3.63, 3.8) is 0 Å². The molecule has 20 heavy (non-hydrogen) atoms. The summed E-state index contributed by atoms with van der Waals surface area (Å²) >= 11 is 0. The van der Waals surface area contributed by atoms with Crippen molar-refractivity contribution in [3.8, 4) is 0 Å². The quantitative estimate of drug-likeness (QED) is 0.585. The zero-order valence-electron chi connectivity index (χ0n) is 11.4. The summed E-state index contributed by atoms with van der Waals surface area (Å²) in [6.45, 7) is 3.33. The first kappa shape index (κ1) is 16.5. The lowest BCUT2D eigenvalue weighted by Crippen LogP contribution is -2.40. The molecule has 2 N–H and O–H groups in total. The van der Waals surface area contributed by atoms with Crippen molar-refractivity contribution in [2.45, 2.75) is 37.2 Å². The number of aliphatic hydroxyl groups is 1. The Morgan fingerprint density at radius 1 is 1.35 bits per heavy atom. The SMILES string of the molecule is CCCC(C)(O)CNS(=O)(=O)c1ccc([N+](=O)[O-])cc1. The van der Waals surface area contributed by atoms with Crippen molar-refractivity contribution in [2.75, 3.05) is 6.54 Å². The van der Waals surface area contributed by atoms with Gasteiger partial charge in [0.15, 0.2) is 0 Å². The zero-order chi connectivity index (χ0) is 15.4. The van der Waals surface area contributed by atoms with E-state index in [0.717, 1.165) is 30.7 Å². The normalized spacial score (nSPS) is 14.8. The molecule has 0 aliphatic carbocycles. The molecule has 1 unspecified atom stereocenters. The van der Waals surface area contributed by atoms with Crippen LogP contribution in [0.1, 0.15) is 26.7 Å². The average molecular weight is 302 g/mol. The number of benzene rings is 1. The molecule has 0 aliphatic heterocycles. The van der Waals surface area contributed by atoms with Crippen LogP contribution in [-0.2, 0) is 10.0 Å². The lowest BCUT2D eigenvalue weighted by Gasteiger charge is -2.22. The monoisotopic (exact) mass is 302 g/mol. The van der Waals surface area contributed by atoms with Gasteiger partial charge < -0.3 is 5.11 Å². The van der Waals surface area contributed by atoms with Gasteiger partial charge in [-0.2, -0.15) is 0 Å². The second kappa shape index (κ2) is 6.29. The van der Waals surface area contributed by atoms with E-state index in [1.54, 1.807) is 6.92 Å². The summed E-state index contributed by atoms with van der Waals surface area (Å²) in [7, 11) is -3.79. The highest BCUT2D eigenvalue weighted by Crippen LogP contribution is 2.17. The highest BCUT2D eigenvalue weighted by atomic mass is 32.2. The minimum absolute atomic E-state index is 0.0737. The number of non-ortho nitro benzene ring substituents is 1. The van der Waals surface area contributed by atoms with E-state index in [4.69, 9.17) is 0 Å². The lowest BCUT2D eigenvalue weighted by molar-refractivity contribution is -0.384. The molecule has 1 rings (SSSR count). The highest BCUT2D eigenvalue weighted by Gasteiger charge is 2.23. The predicted octanol–water partition coefficient (Wildman–Crippen LogP) is 1.42. The predicted molar refractivity (Wildman–Crippen MR) is 73.8 cm³/mol. The van der Waals surface area contributed by atoms with E-state index < -0.39 is 20.5 Å². The first-order valence-electron chi connectivity index (χ1n) is 6.14. The maximum absolute atomic E-state index is 12.0. The topological polar surface area (TPSA) is 110 Å². The van der Waals surface area contributed by atoms with Gasteiger partial charge in [-0.3, -0.25) is 10.1 Å². The van der Waals surface area contributed by atoms with E-state index in [2.05, 4.69) is 4.72 Å². The van der Waals surface area contributed by atoms with E-state index in [9.17, 15) is 23.6 Å². The molecule has 0 saturated carbocycles.